The third-order valence-electron chi connectivity index (χ3n) is 5.11. The van der Waals surface area contributed by atoms with Gasteiger partial charge in [0, 0.05) is 0 Å². The molecule has 3 rings (SSSR count). The first-order valence-electron chi connectivity index (χ1n) is 9.58. The van der Waals surface area contributed by atoms with Crippen molar-refractivity contribution in [3.8, 4) is 22.3 Å². The van der Waals surface area contributed by atoms with E-state index in [0.29, 0.717) is 5.92 Å². The van der Waals surface area contributed by atoms with Gasteiger partial charge in [0.1, 0.15) is 0 Å². The molecular formula is C26H30. The lowest BCUT2D eigenvalue weighted by Gasteiger charge is -2.21. The van der Waals surface area contributed by atoms with Gasteiger partial charge in [0.25, 0.3) is 0 Å². The zero-order valence-electron chi connectivity index (χ0n) is 16.9. The summed E-state index contributed by atoms with van der Waals surface area (Å²) in [5.41, 5.74) is 9.58. The van der Waals surface area contributed by atoms with Crippen LogP contribution in [0.25, 0.3) is 22.3 Å². The van der Waals surface area contributed by atoms with Crippen molar-refractivity contribution in [3.05, 3.63) is 83.4 Å². The number of hydrogen-bond acceptors (Lipinski definition) is 0. The summed E-state index contributed by atoms with van der Waals surface area (Å²) in [6, 6.07) is 24.7. The molecule has 0 nitrogen and oxygen atoms in total. The van der Waals surface area contributed by atoms with Crippen LogP contribution in [0, 0.1) is 6.92 Å². The van der Waals surface area contributed by atoms with Gasteiger partial charge >= 0.3 is 0 Å². The van der Waals surface area contributed by atoms with Crippen molar-refractivity contribution in [2.24, 2.45) is 0 Å². The summed E-state index contributed by atoms with van der Waals surface area (Å²) in [5, 5.41) is 0. The maximum Gasteiger partial charge on any atom is -0.0132 e. The van der Waals surface area contributed by atoms with Crippen molar-refractivity contribution in [2.45, 2.75) is 52.9 Å². The van der Waals surface area contributed by atoms with Crippen LogP contribution in [0.1, 0.15) is 57.2 Å². The van der Waals surface area contributed by atoms with Gasteiger partial charge in [-0.05, 0) is 51.6 Å². The van der Waals surface area contributed by atoms with E-state index in [2.05, 4.69) is 108 Å². The number of aryl methyl sites for hydroxylation is 1. The molecule has 0 aromatic heterocycles. The Morgan fingerprint density at radius 3 is 1.54 bits per heavy atom. The second-order valence-corrected chi connectivity index (χ2v) is 8.61. The second kappa shape index (κ2) is 7.11. The highest BCUT2D eigenvalue weighted by Crippen LogP contribution is 2.38. The van der Waals surface area contributed by atoms with E-state index in [0.717, 1.165) is 0 Å². The van der Waals surface area contributed by atoms with Gasteiger partial charge in [-0.15, -0.1) is 0 Å². The first kappa shape index (κ1) is 18.5. The largest absolute Gasteiger partial charge is 0.0610 e. The Kier molecular flexibility index (Phi) is 5.05. The molecule has 0 amide bonds. The molecule has 0 N–H and O–H groups in total. The molecule has 0 saturated carbocycles. The van der Waals surface area contributed by atoms with Gasteiger partial charge in [-0.25, -0.2) is 0 Å². The summed E-state index contributed by atoms with van der Waals surface area (Å²) in [6.07, 6.45) is 0. The fourth-order valence-corrected chi connectivity index (χ4v) is 3.57. The molecule has 134 valence electrons. The Morgan fingerprint density at radius 2 is 1.12 bits per heavy atom. The summed E-state index contributed by atoms with van der Waals surface area (Å²) >= 11 is 0. The van der Waals surface area contributed by atoms with Crippen LogP contribution in [0.5, 0.6) is 0 Å². The monoisotopic (exact) mass is 342 g/mol. The zero-order valence-corrected chi connectivity index (χ0v) is 16.9. The SMILES string of the molecule is Cc1ccc(-c2cccc(-c3ccc(C(C)(C)C)cc3)c2C(C)C)cc1. The van der Waals surface area contributed by atoms with Crippen LogP contribution in [0.15, 0.2) is 66.7 Å². The number of hydrogen-bond donors (Lipinski definition) is 0. The average molecular weight is 343 g/mol. The molecule has 0 unspecified atom stereocenters. The van der Waals surface area contributed by atoms with E-state index in [4.69, 9.17) is 0 Å². The summed E-state index contributed by atoms with van der Waals surface area (Å²) in [5.74, 6) is 0.463. The van der Waals surface area contributed by atoms with Crippen LogP contribution < -0.4 is 0 Å². The molecule has 0 saturated heterocycles. The molecule has 0 fully saturated rings. The van der Waals surface area contributed by atoms with Gasteiger partial charge in [0.2, 0.25) is 0 Å². The molecule has 0 atom stereocenters. The van der Waals surface area contributed by atoms with E-state index in [1.807, 2.05) is 0 Å². The van der Waals surface area contributed by atoms with E-state index in [1.54, 1.807) is 0 Å². The first-order chi connectivity index (χ1) is 12.3. The molecule has 3 aromatic rings. The lowest BCUT2D eigenvalue weighted by Crippen LogP contribution is -2.10. The summed E-state index contributed by atoms with van der Waals surface area (Å²) in [4.78, 5) is 0. The highest BCUT2D eigenvalue weighted by atomic mass is 14.2. The van der Waals surface area contributed by atoms with Gasteiger partial charge in [0.15, 0.2) is 0 Å². The Labute approximate surface area is 158 Å². The smallest absolute Gasteiger partial charge is 0.0132 e. The lowest BCUT2D eigenvalue weighted by atomic mass is 9.83. The minimum Gasteiger partial charge on any atom is -0.0610 e. The van der Waals surface area contributed by atoms with Crippen LogP contribution >= 0.6 is 0 Å². The van der Waals surface area contributed by atoms with Crippen molar-refractivity contribution in [3.63, 3.8) is 0 Å². The maximum atomic E-state index is 2.29. The van der Waals surface area contributed by atoms with Crippen LogP contribution in [-0.2, 0) is 5.41 Å². The predicted octanol–water partition coefficient (Wildman–Crippen LogP) is 7.75. The minimum atomic E-state index is 0.184. The van der Waals surface area contributed by atoms with Crippen molar-refractivity contribution >= 4 is 0 Å². The summed E-state index contributed by atoms with van der Waals surface area (Å²) in [6.45, 7) is 13.5. The van der Waals surface area contributed by atoms with Gasteiger partial charge < -0.3 is 0 Å². The summed E-state index contributed by atoms with van der Waals surface area (Å²) in [7, 11) is 0. The van der Waals surface area contributed by atoms with Crippen molar-refractivity contribution in [1.82, 2.24) is 0 Å². The lowest BCUT2D eigenvalue weighted by molar-refractivity contribution is 0.590. The van der Waals surface area contributed by atoms with E-state index in [9.17, 15) is 0 Å². The van der Waals surface area contributed by atoms with Crippen molar-refractivity contribution in [2.75, 3.05) is 0 Å². The minimum absolute atomic E-state index is 0.184. The Hall–Kier alpha value is -2.34. The van der Waals surface area contributed by atoms with E-state index in [-0.39, 0.29) is 5.41 Å². The molecule has 0 bridgehead atoms. The first-order valence-corrected chi connectivity index (χ1v) is 9.58. The molecule has 0 aliphatic carbocycles. The Balaban J connectivity index is 2.13. The molecule has 0 spiro atoms. The Bertz CT molecular complexity index is 873. The van der Waals surface area contributed by atoms with E-state index < -0.39 is 0 Å². The normalized spacial score (nSPS) is 11.8. The molecule has 3 aromatic carbocycles. The van der Waals surface area contributed by atoms with Gasteiger partial charge in [0.05, 0.1) is 0 Å². The second-order valence-electron chi connectivity index (χ2n) is 8.61. The number of rotatable bonds is 3. The molecule has 0 heterocycles. The molecule has 0 heteroatoms. The topological polar surface area (TPSA) is 0 Å². The Morgan fingerprint density at radius 1 is 0.654 bits per heavy atom. The van der Waals surface area contributed by atoms with Crippen LogP contribution in [0.4, 0.5) is 0 Å². The van der Waals surface area contributed by atoms with Crippen LogP contribution in [0.2, 0.25) is 0 Å². The number of benzene rings is 3. The fourth-order valence-electron chi connectivity index (χ4n) is 3.57. The summed E-state index contributed by atoms with van der Waals surface area (Å²) < 4.78 is 0. The quantitative estimate of drug-likeness (QED) is 0.456. The van der Waals surface area contributed by atoms with Gasteiger partial charge in [-0.3, -0.25) is 0 Å². The molecule has 0 aliphatic heterocycles. The van der Waals surface area contributed by atoms with Gasteiger partial charge in [-0.2, -0.15) is 0 Å². The van der Waals surface area contributed by atoms with Gasteiger partial charge in [-0.1, -0.05) is 107 Å². The van der Waals surface area contributed by atoms with Crippen molar-refractivity contribution in [1.29, 1.82) is 0 Å². The molecule has 26 heavy (non-hydrogen) atoms. The van der Waals surface area contributed by atoms with Crippen LogP contribution in [0.3, 0.4) is 0 Å². The fraction of sp³-hybridized carbons (Fsp3) is 0.308. The third kappa shape index (κ3) is 3.75. The third-order valence-corrected chi connectivity index (χ3v) is 5.11. The highest BCUT2D eigenvalue weighted by molar-refractivity contribution is 5.79. The van der Waals surface area contributed by atoms with Crippen LogP contribution in [-0.4, -0.2) is 0 Å². The molecule has 0 aliphatic rings. The van der Waals surface area contributed by atoms with Crippen molar-refractivity contribution < 1.29 is 0 Å². The maximum absolute atomic E-state index is 2.29. The predicted molar refractivity (Wildman–Crippen MR) is 115 cm³/mol. The highest BCUT2D eigenvalue weighted by Gasteiger charge is 2.17. The van der Waals surface area contributed by atoms with E-state index in [1.165, 1.54) is 38.9 Å². The molecular weight excluding hydrogens is 312 g/mol. The average Bonchev–Trinajstić information content (AvgIpc) is 2.61. The zero-order chi connectivity index (χ0) is 18.9. The molecule has 0 radical (unpaired) electrons. The van der Waals surface area contributed by atoms with E-state index >= 15 is 0 Å². The standard InChI is InChI=1S/C26H30/c1-18(2)25-23(20-12-10-19(3)11-13-20)8-7-9-24(25)21-14-16-22(17-15-21)26(4,5)6/h7-18H,1-6H3.